The third kappa shape index (κ3) is 3.98. The number of ketones is 1. The van der Waals surface area contributed by atoms with Gasteiger partial charge in [0.05, 0.1) is 10.4 Å². The maximum Gasteiger partial charge on any atom is 0.258 e. The van der Waals surface area contributed by atoms with Gasteiger partial charge in [-0.3, -0.25) is 14.4 Å². The van der Waals surface area contributed by atoms with Gasteiger partial charge in [0.25, 0.3) is 5.91 Å². The molecule has 1 amide bonds. The minimum Gasteiger partial charge on any atom is -0.484 e. The summed E-state index contributed by atoms with van der Waals surface area (Å²) in [5.41, 5.74) is 1.66. The summed E-state index contributed by atoms with van der Waals surface area (Å²) in [4.78, 5) is 37.7. The molecule has 3 fully saturated rings. The molecule has 0 aliphatic heterocycles. The van der Waals surface area contributed by atoms with Crippen LogP contribution in [0.15, 0.2) is 45.6 Å². The van der Waals surface area contributed by atoms with Gasteiger partial charge in [-0.1, -0.05) is 11.6 Å². The van der Waals surface area contributed by atoms with Crippen LogP contribution in [0.25, 0.3) is 11.0 Å². The van der Waals surface area contributed by atoms with Gasteiger partial charge in [0.2, 0.25) is 0 Å². The van der Waals surface area contributed by atoms with Gasteiger partial charge in [-0.15, -0.1) is 0 Å². The van der Waals surface area contributed by atoms with Crippen molar-refractivity contribution in [2.75, 3.05) is 6.61 Å². The van der Waals surface area contributed by atoms with Crippen LogP contribution in [0.3, 0.4) is 0 Å². The highest BCUT2D eigenvalue weighted by atomic mass is 35.5. The van der Waals surface area contributed by atoms with E-state index >= 15 is 0 Å². The van der Waals surface area contributed by atoms with Crippen molar-refractivity contribution in [2.24, 2.45) is 5.41 Å². The van der Waals surface area contributed by atoms with E-state index in [0.29, 0.717) is 30.2 Å². The summed E-state index contributed by atoms with van der Waals surface area (Å²) in [6.07, 6.45) is 2.32. The average Bonchev–Trinajstić information content (AvgIpc) is 2.73. The first-order valence-electron chi connectivity index (χ1n) is 11.0. The highest BCUT2D eigenvalue weighted by Crippen LogP contribution is 2.69. The van der Waals surface area contributed by atoms with Crippen LogP contribution in [0, 0.1) is 25.1 Å². The van der Waals surface area contributed by atoms with Crippen LogP contribution in [0.2, 0.25) is 5.02 Å². The van der Waals surface area contributed by atoms with Gasteiger partial charge in [0, 0.05) is 24.1 Å². The Kier molecular flexibility index (Phi) is 5.28. The van der Waals surface area contributed by atoms with Crippen molar-refractivity contribution in [3.63, 3.8) is 0 Å². The zero-order valence-electron chi connectivity index (χ0n) is 18.8. The summed E-state index contributed by atoms with van der Waals surface area (Å²) in [5.74, 6) is -0.824. The molecule has 176 valence electrons. The fourth-order valence-corrected chi connectivity index (χ4v) is 5.46. The van der Waals surface area contributed by atoms with E-state index in [4.69, 9.17) is 20.8 Å². The molecule has 3 aromatic rings. The molecule has 8 heteroatoms. The van der Waals surface area contributed by atoms with Crippen LogP contribution < -0.4 is 15.5 Å². The molecule has 0 spiro atoms. The number of carbonyl (C=O) groups excluding carboxylic acids is 2. The number of halogens is 2. The summed E-state index contributed by atoms with van der Waals surface area (Å²) in [7, 11) is 0. The summed E-state index contributed by atoms with van der Waals surface area (Å²) < 4.78 is 24.6. The Morgan fingerprint density at radius 3 is 2.53 bits per heavy atom. The lowest BCUT2D eigenvalue weighted by Gasteiger charge is -2.70. The normalized spacial score (nSPS) is 22.6. The summed E-state index contributed by atoms with van der Waals surface area (Å²) in [6, 6.07) is 8.84. The Balaban J connectivity index is 1.17. The molecule has 0 unspecified atom stereocenters. The van der Waals surface area contributed by atoms with Gasteiger partial charge in [0.15, 0.2) is 23.6 Å². The number of carbonyl (C=O) groups is 2. The van der Waals surface area contributed by atoms with Crippen LogP contribution in [0.4, 0.5) is 4.39 Å². The maximum atomic E-state index is 13.5. The molecule has 1 heterocycles. The van der Waals surface area contributed by atoms with Crippen molar-refractivity contribution >= 4 is 34.3 Å². The predicted molar refractivity (Wildman–Crippen MR) is 125 cm³/mol. The van der Waals surface area contributed by atoms with E-state index in [-0.39, 0.29) is 57.6 Å². The van der Waals surface area contributed by atoms with Gasteiger partial charge in [0.1, 0.15) is 17.1 Å². The number of aryl methyl sites for hydroxylation is 2. The molecule has 0 radical (unpaired) electrons. The molecule has 34 heavy (non-hydrogen) atoms. The molecule has 2 bridgehead atoms. The second kappa shape index (κ2) is 7.94. The van der Waals surface area contributed by atoms with Crippen LogP contribution in [0.5, 0.6) is 5.75 Å². The number of hydrogen-bond donors (Lipinski definition) is 1. The van der Waals surface area contributed by atoms with Gasteiger partial charge in [-0.2, -0.15) is 0 Å². The van der Waals surface area contributed by atoms with E-state index in [1.165, 1.54) is 18.2 Å². The number of ether oxygens (including phenoxy) is 1. The number of nitrogens with one attached hydrogen (secondary N) is 1. The molecule has 1 aromatic heterocycles. The zero-order valence-corrected chi connectivity index (χ0v) is 19.6. The number of fused-ring (bicyclic) bond motifs is 1. The van der Waals surface area contributed by atoms with Gasteiger partial charge in [-0.25, -0.2) is 4.39 Å². The highest BCUT2D eigenvalue weighted by molar-refractivity contribution is 6.30. The fraction of sp³-hybridized carbons (Fsp3) is 0.346. The average molecular weight is 484 g/mol. The molecule has 1 N–H and O–H groups in total. The third-order valence-electron chi connectivity index (χ3n) is 6.96. The highest BCUT2D eigenvalue weighted by Gasteiger charge is 2.68. The number of hydrogen-bond acceptors (Lipinski definition) is 5. The molecule has 0 atom stereocenters. The zero-order chi connectivity index (χ0) is 24.3. The van der Waals surface area contributed by atoms with E-state index in [9.17, 15) is 18.8 Å². The van der Waals surface area contributed by atoms with Crippen molar-refractivity contribution in [3.8, 4) is 5.75 Å². The first-order chi connectivity index (χ1) is 16.1. The van der Waals surface area contributed by atoms with Crippen molar-refractivity contribution in [1.29, 1.82) is 0 Å². The second-order valence-corrected chi connectivity index (χ2v) is 10.1. The standard InChI is InChI=1S/C26H23ClFNO5/c1-14-5-17-20(30)8-23(34-22(17)6-15(14)2)21(31)9-25-11-26(12-25,13-25)29-24(32)10-33-16-3-4-18(27)19(28)7-16/h3-8H,9-13H2,1-2H3,(H,29,32). The molecule has 2 aromatic carbocycles. The van der Waals surface area contributed by atoms with Crippen LogP contribution in [-0.2, 0) is 4.79 Å². The summed E-state index contributed by atoms with van der Waals surface area (Å²) in [5, 5.41) is 3.42. The first kappa shape index (κ1) is 22.6. The summed E-state index contributed by atoms with van der Waals surface area (Å²) >= 11 is 5.64. The van der Waals surface area contributed by atoms with Crippen molar-refractivity contribution in [3.05, 3.63) is 74.3 Å². The van der Waals surface area contributed by atoms with Crippen molar-refractivity contribution < 1.29 is 23.1 Å². The monoisotopic (exact) mass is 483 g/mol. The largest absolute Gasteiger partial charge is 0.484 e. The fourth-order valence-electron chi connectivity index (χ4n) is 5.34. The van der Waals surface area contributed by atoms with E-state index in [0.717, 1.165) is 17.2 Å². The molecular formula is C26H23ClFNO5. The van der Waals surface area contributed by atoms with Gasteiger partial charge < -0.3 is 14.5 Å². The van der Waals surface area contributed by atoms with Gasteiger partial charge >= 0.3 is 0 Å². The van der Waals surface area contributed by atoms with Gasteiger partial charge in [-0.05, 0) is 73.9 Å². The Morgan fingerprint density at radius 1 is 1.12 bits per heavy atom. The Labute approximate surface area is 200 Å². The number of benzene rings is 2. The Bertz CT molecular complexity index is 1390. The number of rotatable bonds is 7. The van der Waals surface area contributed by atoms with Crippen molar-refractivity contribution in [1.82, 2.24) is 5.32 Å². The lowest BCUT2D eigenvalue weighted by Crippen LogP contribution is -2.75. The first-order valence-corrected chi connectivity index (χ1v) is 11.4. The molecule has 6 rings (SSSR count). The van der Waals surface area contributed by atoms with E-state index in [1.807, 2.05) is 13.8 Å². The second-order valence-electron chi connectivity index (χ2n) is 9.73. The van der Waals surface area contributed by atoms with E-state index in [1.54, 1.807) is 12.1 Å². The lowest BCUT2D eigenvalue weighted by molar-refractivity contribution is -0.164. The topological polar surface area (TPSA) is 85.6 Å². The maximum absolute atomic E-state index is 13.5. The van der Waals surface area contributed by atoms with Crippen LogP contribution >= 0.6 is 11.6 Å². The quantitative estimate of drug-likeness (QED) is 0.483. The molecule has 3 saturated carbocycles. The number of amides is 1. The molecule has 3 aliphatic rings. The van der Waals surface area contributed by atoms with E-state index < -0.39 is 5.82 Å². The van der Waals surface area contributed by atoms with Crippen molar-refractivity contribution in [2.45, 2.75) is 45.1 Å². The summed E-state index contributed by atoms with van der Waals surface area (Å²) in [6.45, 7) is 3.61. The SMILES string of the molecule is Cc1cc2oc(C(=O)CC34CC(NC(=O)COc5ccc(Cl)c(F)c5)(C3)C4)cc(=O)c2cc1C. The number of Topliss-reactive ketones (excluding diaryl/α,β-unsaturated/α-hetero) is 1. The molecule has 3 aliphatic carbocycles. The Morgan fingerprint density at radius 2 is 1.82 bits per heavy atom. The van der Waals surface area contributed by atoms with Crippen LogP contribution in [-0.4, -0.2) is 23.8 Å². The molecular weight excluding hydrogens is 461 g/mol. The van der Waals surface area contributed by atoms with E-state index in [2.05, 4.69) is 5.32 Å². The molecule has 6 nitrogen and oxygen atoms in total. The molecule has 0 saturated heterocycles. The minimum absolute atomic E-state index is 0.0151. The minimum atomic E-state index is -0.613. The smallest absolute Gasteiger partial charge is 0.258 e. The third-order valence-corrected chi connectivity index (χ3v) is 7.27. The Hall–Kier alpha value is -3.19. The lowest BCUT2D eigenvalue weighted by atomic mass is 9.38. The predicted octanol–water partition coefficient (Wildman–Crippen LogP) is 4.89. The van der Waals surface area contributed by atoms with Crippen LogP contribution in [0.1, 0.15) is 47.4 Å².